The van der Waals surface area contributed by atoms with Gasteiger partial charge in [-0.1, -0.05) is 11.6 Å². The van der Waals surface area contributed by atoms with E-state index in [0.29, 0.717) is 17.1 Å². The summed E-state index contributed by atoms with van der Waals surface area (Å²) in [7, 11) is 1.36. The number of rotatable bonds is 7. The van der Waals surface area contributed by atoms with E-state index in [1.807, 2.05) is 0 Å². The third-order valence-electron chi connectivity index (χ3n) is 4.92. The number of benzene rings is 2. The summed E-state index contributed by atoms with van der Waals surface area (Å²) in [5.41, 5.74) is 0.183. The summed E-state index contributed by atoms with van der Waals surface area (Å²) in [5.74, 6) is -1.25. The predicted octanol–water partition coefficient (Wildman–Crippen LogP) is 2.69. The molecular formula is C23H19ClN2O9. The van der Waals surface area contributed by atoms with Gasteiger partial charge in [0.15, 0.2) is 29.6 Å². The van der Waals surface area contributed by atoms with E-state index in [-0.39, 0.29) is 41.2 Å². The van der Waals surface area contributed by atoms with Crippen LogP contribution in [0.15, 0.2) is 35.9 Å². The Labute approximate surface area is 204 Å². The maximum absolute atomic E-state index is 13.2. The third kappa shape index (κ3) is 4.85. The highest BCUT2D eigenvalue weighted by Crippen LogP contribution is 2.38. The lowest BCUT2D eigenvalue weighted by Crippen LogP contribution is -2.54. The second-order valence-electron chi connectivity index (χ2n) is 7.12. The molecule has 0 unspecified atom stereocenters. The number of carbonyl (C=O) groups is 4. The van der Waals surface area contributed by atoms with Crippen molar-refractivity contribution in [3.63, 3.8) is 0 Å². The molecule has 2 heterocycles. The summed E-state index contributed by atoms with van der Waals surface area (Å²) in [6, 6.07) is 6.48. The maximum Gasteiger partial charge on any atom is 0.344 e. The number of halogens is 1. The van der Waals surface area contributed by atoms with Crippen molar-refractivity contribution < 1.29 is 42.9 Å². The molecule has 4 rings (SSSR count). The van der Waals surface area contributed by atoms with Crippen molar-refractivity contribution in [3.8, 4) is 23.0 Å². The van der Waals surface area contributed by atoms with Crippen LogP contribution in [0.5, 0.6) is 23.0 Å². The van der Waals surface area contributed by atoms with Gasteiger partial charge in [0.25, 0.3) is 11.8 Å². The van der Waals surface area contributed by atoms with Crippen LogP contribution < -0.4 is 29.2 Å². The molecule has 11 nitrogen and oxygen atoms in total. The lowest BCUT2D eigenvalue weighted by Gasteiger charge is -2.26. The Bertz CT molecular complexity index is 1260. The molecule has 182 valence electrons. The number of fused-ring (bicyclic) bond motifs is 1. The van der Waals surface area contributed by atoms with Gasteiger partial charge in [-0.3, -0.25) is 14.9 Å². The zero-order chi connectivity index (χ0) is 25.1. The molecule has 1 N–H and O–H groups in total. The summed E-state index contributed by atoms with van der Waals surface area (Å²) in [6.45, 7) is 1.49. The van der Waals surface area contributed by atoms with Crippen LogP contribution in [0.1, 0.15) is 12.5 Å². The van der Waals surface area contributed by atoms with Crippen molar-refractivity contribution >= 4 is 47.2 Å². The zero-order valence-corrected chi connectivity index (χ0v) is 19.3. The minimum absolute atomic E-state index is 0.0185. The van der Waals surface area contributed by atoms with Crippen LogP contribution in [0.4, 0.5) is 10.5 Å². The van der Waals surface area contributed by atoms with Gasteiger partial charge in [-0.05, 0) is 42.8 Å². The first kappa shape index (κ1) is 23.9. The van der Waals surface area contributed by atoms with Crippen LogP contribution >= 0.6 is 11.6 Å². The molecule has 0 aliphatic carbocycles. The Morgan fingerprint density at radius 1 is 1.17 bits per heavy atom. The summed E-state index contributed by atoms with van der Waals surface area (Å²) >= 11 is 6.30. The van der Waals surface area contributed by atoms with Crippen molar-refractivity contribution in [2.75, 3.05) is 32.0 Å². The van der Waals surface area contributed by atoms with E-state index in [1.165, 1.54) is 37.5 Å². The number of nitrogens with zero attached hydrogens (tertiary/aromatic N) is 1. The Morgan fingerprint density at radius 2 is 1.94 bits per heavy atom. The van der Waals surface area contributed by atoms with Crippen LogP contribution in [0.3, 0.4) is 0 Å². The highest BCUT2D eigenvalue weighted by atomic mass is 35.5. The second-order valence-corrected chi connectivity index (χ2v) is 7.53. The van der Waals surface area contributed by atoms with E-state index in [1.54, 1.807) is 13.0 Å². The van der Waals surface area contributed by atoms with Gasteiger partial charge < -0.3 is 23.7 Å². The number of barbiturate groups is 1. The average molecular weight is 503 g/mol. The monoisotopic (exact) mass is 502 g/mol. The first-order valence-corrected chi connectivity index (χ1v) is 10.7. The molecule has 0 aromatic heterocycles. The number of methoxy groups -OCH3 is 1. The Balaban J connectivity index is 1.64. The van der Waals surface area contributed by atoms with E-state index in [2.05, 4.69) is 5.32 Å². The number of amides is 4. The smallest absolute Gasteiger partial charge is 0.344 e. The number of hydrogen-bond acceptors (Lipinski definition) is 9. The van der Waals surface area contributed by atoms with Crippen LogP contribution in [0, 0.1) is 0 Å². The lowest BCUT2D eigenvalue weighted by atomic mass is 10.1. The molecule has 2 aromatic carbocycles. The largest absolute Gasteiger partial charge is 0.493 e. The minimum atomic E-state index is -0.908. The quantitative estimate of drug-likeness (QED) is 0.345. The Hall–Kier alpha value is -4.25. The molecule has 35 heavy (non-hydrogen) atoms. The number of urea groups is 1. The minimum Gasteiger partial charge on any atom is -0.493 e. The molecule has 12 heteroatoms. The molecule has 0 radical (unpaired) electrons. The standard InChI is InChI=1S/C23H19ClN2O9/c1-3-32-19(27)10-33-20-15(24)7-12(8-18(20)31-2)6-14-21(28)25-23(30)26(22(14)29)13-4-5-16-17(9-13)35-11-34-16/h4-9H,3,10-11H2,1-2H3,(H,25,28,30)/b14-6+. The number of nitrogens with one attached hydrogen (secondary N) is 1. The fourth-order valence-electron chi connectivity index (χ4n) is 3.38. The molecule has 1 saturated heterocycles. The number of anilines is 1. The SMILES string of the molecule is CCOC(=O)COc1c(Cl)cc(/C=C2\C(=O)NC(=O)N(c3ccc4c(c3)OCO4)C2=O)cc1OC. The van der Waals surface area contributed by atoms with E-state index in [0.717, 1.165) is 4.90 Å². The first-order chi connectivity index (χ1) is 16.8. The van der Waals surface area contributed by atoms with Gasteiger partial charge in [0.05, 0.1) is 24.4 Å². The van der Waals surface area contributed by atoms with Gasteiger partial charge >= 0.3 is 12.0 Å². The molecule has 0 spiro atoms. The second kappa shape index (κ2) is 9.94. The molecule has 2 aromatic rings. The van der Waals surface area contributed by atoms with Gasteiger partial charge in [-0.15, -0.1) is 0 Å². The van der Waals surface area contributed by atoms with Crippen molar-refractivity contribution in [2.45, 2.75) is 6.92 Å². The third-order valence-corrected chi connectivity index (χ3v) is 5.20. The number of ether oxygens (including phenoxy) is 5. The van der Waals surface area contributed by atoms with Crippen molar-refractivity contribution in [1.82, 2.24) is 5.32 Å². The van der Waals surface area contributed by atoms with Crippen LogP contribution in [0.2, 0.25) is 5.02 Å². The number of esters is 1. The zero-order valence-electron chi connectivity index (χ0n) is 18.6. The van der Waals surface area contributed by atoms with Gasteiger partial charge in [0.1, 0.15) is 5.57 Å². The highest BCUT2D eigenvalue weighted by Gasteiger charge is 2.37. The fraction of sp³-hybridized carbons (Fsp3) is 0.217. The summed E-state index contributed by atoms with van der Waals surface area (Å²) < 4.78 is 26.1. The van der Waals surface area contributed by atoms with Gasteiger partial charge in [-0.25, -0.2) is 14.5 Å². The molecule has 1 fully saturated rings. The molecule has 0 atom stereocenters. The van der Waals surface area contributed by atoms with E-state index in [9.17, 15) is 19.2 Å². The summed E-state index contributed by atoms with van der Waals surface area (Å²) in [5, 5.41) is 2.21. The number of hydrogen-bond donors (Lipinski definition) is 1. The molecule has 2 aliphatic rings. The van der Waals surface area contributed by atoms with Crippen molar-refractivity contribution in [2.24, 2.45) is 0 Å². The van der Waals surface area contributed by atoms with Gasteiger partial charge in [-0.2, -0.15) is 0 Å². The van der Waals surface area contributed by atoms with Crippen molar-refractivity contribution in [1.29, 1.82) is 0 Å². The summed E-state index contributed by atoms with van der Waals surface area (Å²) in [6.07, 6.45) is 1.26. The van der Waals surface area contributed by atoms with E-state index in [4.69, 9.17) is 35.3 Å². The first-order valence-electron chi connectivity index (χ1n) is 10.3. The Kier molecular flexibility index (Phi) is 6.78. The van der Waals surface area contributed by atoms with Crippen LogP contribution in [-0.4, -0.2) is 50.9 Å². The maximum atomic E-state index is 13.2. The molecule has 0 saturated carbocycles. The lowest BCUT2D eigenvalue weighted by molar-refractivity contribution is -0.145. The summed E-state index contributed by atoms with van der Waals surface area (Å²) in [4.78, 5) is 50.5. The van der Waals surface area contributed by atoms with Gasteiger partial charge in [0.2, 0.25) is 6.79 Å². The fourth-order valence-corrected chi connectivity index (χ4v) is 3.65. The molecule has 2 aliphatic heterocycles. The van der Waals surface area contributed by atoms with Gasteiger partial charge in [0, 0.05) is 6.07 Å². The topological polar surface area (TPSA) is 130 Å². The normalized spacial score (nSPS) is 15.8. The molecular weight excluding hydrogens is 484 g/mol. The average Bonchev–Trinajstić information content (AvgIpc) is 3.29. The molecule has 0 bridgehead atoms. The van der Waals surface area contributed by atoms with Crippen molar-refractivity contribution in [3.05, 3.63) is 46.5 Å². The van der Waals surface area contributed by atoms with Crippen LogP contribution in [-0.2, 0) is 19.1 Å². The predicted molar refractivity (Wildman–Crippen MR) is 122 cm³/mol. The van der Waals surface area contributed by atoms with E-state index >= 15 is 0 Å². The Morgan fingerprint density at radius 3 is 2.69 bits per heavy atom. The van der Waals surface area contributed by atoms with Crippen LogP contribution in [0.25, 0.3) is 6.08 Å². The number of carbonyl (C=O) groups excluding carboxylic acids is 4. The molecule has 4 amide bonds. The number of imide groups is 2. The van der Waals surface area contributed by atoms with E-state index < -0.39 is 30.4 Å². The highest BCUT2D eigenvalue weighted by molar-refractivity contribution is 6.39.